The van der Waals surface area contributed by atoms with Crippen LogP contribution in [0.5, 0.6) is 5.75 Å². The predicted octanol–water partition coefficient (Wildman–Crippen LogP) is 2.63. The quantitative estimate of drug-likeness (QED) is 0.853. The van der Waals surface area contributed by atoms with Crippen LogP contribution in [0.25, 0.3) is 0 Å². The minimum Gasteiger partial charge on any atom is -0.489 e. The summed E-state index contributed by atoms with van der Waals surface area (Å²) in [6.07, 6.45) is 0. The number of urea groups is 1. The van der Waals surface area contributed by atoms with E-state index in [4.69, 9.17) is 4.74 Å². The first-order valence-electron chi connectivity index (χ1n) is 7.40. The molecule has 1 fully saturated rings. The van der Waals surface area contributed by atoms with Crippen molar-refractivity contribution in [2.24, 2.45) is 0 Å². The Bertz CT molecular complexity index is 772. The minimum absolute atomic E-state index is 0.362. The van der Waals surface area contributed by atoms with Crippen LogP contribution in [0.2, 0.25) is 0 Å². The topological polar surface area (TPSA) is 67.4 Å². The third kappa shape index (κ3) is 2.90. The van der Waals surface area contributed by atoms with Crippen LogP contribution in [0.3, 0.4) is 0 Å². The van der Waals surface area contributed by atoms with E-state index in [1.807, 2.05) is 43.3 Å². The fourth-order valence-electron chi connectivity index (χ4n) is 2.58. The molecule has 118 valence electrons. The lowest BCUT2D eigenvalue weighted by Crippen LogP contribution is -2.40. The highest BCUT2D eigenvalue weighted by molar-refractivity contribution is 6.07. The number of nitrogens with one attached hydrogen (secondary N) is 2. The summed E-state index contributed by atoms with van der Waals surface area (Å²) in [5.74, 6) is 0.291. The summed E-state index contributed by atoms with van der Waals surface area (Å²) >= 11 is 0. The van der Waals surface area contributed by atoms with Gasteiger partial charge in [0.1, 0.15) is 17.9 Å². The van der Waals surface area contributed by atoms with E-state index in [0.29, 0.717) is 17.9 Å². The van der Waals surface area contributed by atoms with Crippen molar-refractivity contribution in [1.82, 2.24) is 10.6 Å². The molecule has 1 aliphatic rings. The fourth-order valence-corrected chi connectivity index (χ4v) is 2.58. The number of ether oxygens (including phenoxy) is 1. The number of aryl methyl sites for hydroxylation is 1. The van der Waals surface area contributed by atoms with Crippen LogP contribution in [0.4, 0.5) is 4.79 Å². The van der Waals surface area contributed by atoms with Crippen molar-refractivity contribution < 1.29 is 14.3 Å². The summed E-state index contributed by atoms with van der Waals surface area (Å²) in [5.41, 5.74) is 1.89. The van der Waals surface area contributed by atoms with E-state index in [0.717, 1.165) is 11.1 Å². The molecule has 2 aromatic rings. The number of rotatable bonds is 4. The molecule has 2 aromatic carbocycles. The van der Waals surface area contributed by atoms with Crippen molar-refractivity contribution in [3.05, 3.63) is 65.2 Å². The number of hydrogen-bond donors (Lipinski definition) is 2. The molecule has 1 heterocycles. The molecule has 5 heteroatoms. The second-order valence-corrected chi connectivity index (χ2v) is 5.78. The first kappa shape index (κ1) is 15.1. The van der Waals surface area contributed by atoms with E-state index in [1.165, 1.54) is 0 Å². The van der Waals surface area contributed by atoms with Crippen LogP contribution in [0.1, 0.15) is 23.6 Å². The van der Waals surface area contributed by atoms with E-state index in [-0.39, 0.29) is 5.91 Å². The van der Waals surface area contributed by atoms with Crippen molar-refractivity contribution in [3.63, 3.8) is 0 Å². The summed E-state index contributed by atoms with van der Waals surface area (Å²) in [7, 11) is 0. The zero-order valence-corrected chi connectivity index (χ0v) is 13.1. The summed E-state index contributed by atoms with van der Waals surface area (Å²) in [6.45, 7) is 4.16. The highest BCUT2D eigenvalue weighted by Gasteiger charge is 2.43. The number of amides is 3. The third-order valence-corrected chi connectivity index (χ3v) is 4.11. The van der Waals surface area contributed by atoms with Gasteiger partial charge < -0.3 is 10.1 Å². The molecule has 3 rings (SSSR count). The maximum absolute atomic E-state index is 12.0. The Kier molecular flexibility index (Phi) is 3.78. The monoisotopic (exact) mass is 310 g/mol. The molecule has 0 unspecified atom stereocenters. The predicted molar refractivity (Wildman–Crippen MR) is 86.0 cm³/mol. The number of hydrogen-bond acceptors (Lipinski definition) is 3. The first-order chi connectivity index (χ1) is 11.0. The molecule has 0 radical (unpaired) electrons. The van der Waals surface area contributed by atoms with Crippen molar-refractivity contribution in [1.29, 1.82) is 0 Å². The maximum atomic E-state index is 12.0. The number of carbonyl (C=O) groups excluding carboxylic acids is 2. The van der Waals surface area contributed by atoms with Gasteiger partial charge in [0.25, 0.3) is 5.91 Å². The molecular weight excluding hydrogens is 292 g/mol. The summed E-state index contributed by atoms with van der Waals surface area (Å²) in [5, 5.41) is 4.91. The van der Waals surface area contributed by atoms with Gasteiger partial charge in [-0.25, -0.2) is 4.79 Å². The zero-order valence-electron chi connectivity index (χ0n) is 13.1. The Labute approximate surface area is 134 Å². The molecule has 3 amide bonds. The number of imide groups is 1. The van der Waals surface area contributed by atoms with Gasteiger partial charge >= 0.3 is 6.03 Å². The smallest absolute Gasteiger partial charge is 0.322 e. The molecule has 0 aliphatic carbocycles. The SMILES string of the molecule is Cc1ccccc1COc1cccc([C@@]2(C)NC(=O)NC2=O)c1. The highest BCUT2D eigenvalue weighted by atomic mass is 16.5. The van der Waals surface area contributed by atoms with Gasteiger partial charge in [-0.15, -0.1) is 0 Å². The normalized spacial score (nSPS) is 20.1. The Morgan fingerprint density at radius 3 is 2.57 bits per heavy atom. The van der Waals surface area contributed by atoms with Crippen LogP contribution in [-0.2, 0) is 16.9 Å². The van der Waals surface area contributed by atoms with Crippen molar-refractivity contribution >= 4 is 11.9 Å². The number of benzene rings is 2. The van der Waals surface area contributed by atoms with Gasteiger partial charge in [0.2, 0.25) is 0 Å². The Balaban J connectivity index is 1.79. The van der Waals surface area contributed by atoms with E-state index in [1.54, 1.807) is 19.1 Å². The van der Waals surface area contributed by atoms with Gasteiger partial charge in [0, 0.05) is 0 Å². The second kappa shape index (κ2) is 5.76. The molecule has 0 aromatic heterocycles. The minimum atomic E-state index is -1.07. The summed E-state index contributed by atoms with van der Waals surface area (Å²) in [6, 6.07) is 14.8. The Morgan fingerprint density at radius 2 is 1.87 bits per heavy atom. The lowest BCUT2D eigenvalue weighted by Gasteiger charge is -2.21. The average Bonchev–Trinajstić information content (AvgIpc) is 2.80. The molecule has 5 nitrogen and oxygen atoms in total. The lowest BCUT2D eigenvalue weighted by atomic mass is 9.92. The molecule has 23 heavy (non-hydrogen) atoms. The molecule has 0 spiro atoms. The summed E-state index contributed by atoms with van der Waals surface area (Å²) in [4.78, 5) is 23.4. The van der Waals surface area contributed by atoms with Crippen molar-refractivity contribution in [2.45, 2.75) is 26.0 Å². The van der Waals surface area contributed by atoms with Gasteiger partial charge in [-0.2, -0.15) is 0 Å². The van der Waals surface area contributed by atoms with Crippen LogP contribution < -0.4 is 15.4 Å². The van der Waals surface area contributed by atoms with E-state index in [9.17, 15) is 9.59 Å². The van der Waals surface area contributed by atoms with Gasteiger partial charge in [-0.1, -0.05) is 36.4 Å². The molecular formula is C18H18N2O3. The van der Waals surface area contributed by atoms with Crippen molar-refractivity contribution in [2.75, 3.05) is 0 Å². The van der Waals surface area contributed by atoms with Gasteiger partial charge in [-0.05, 0) is 42.7 Å². The van der Waals surface area contributed by atoms with E-state index in [2.05, 4.69) is 10.6 Å². The maximum Gasteiger partial charge on any atom is 0.322 e. The van der Waals surface area contributed by atoms with Crippen LogP contribution in [0, 0.1) is 6.92 Å². The lowest BCUT2D eigenvalue weighted by molar-refractivity contribution is -0.123. The first-order valence-corrected chi connectivity index (χ1v) is 7.40. The summed E-state index contributed by atoms with van der Waals surface area (Å²) < 4.78 is 5.84. The van der Waals surface area contributed by atoms with E-state index >= 15 is 0 Å². The average molecular weight is 310 g/mol. The highest BCUT2D eigenvalue weighted by Crippen LogP contribution is 2.27. The standard InChI is InChI=1S/C18H18N2O3/c1-12-6-3-4-7-13(12)11-23-15-9-5-8-14(10-15)18(2)16(21)19-17(22)20-18/h3-10H,11H2,1-2H3,(H2,19,20,21,22)/t18-/m1/s1. The van der Waals surface area contributed by atoms with Crippen LogP contribution in [-0.4, -0.2) is 11.9 Å². The van der Waals surface area contributed by atoms with Gasteiger partial charge in [-0.3, -0.25) is 10.1 Å². The third-order valence-electron chi connectivity index (χ3n) is 4.11. The molecule has 2 N–H and O–H groups in total. The molecule has 0 bridgehead atoms. The van der Waals surface area contributed by atoms with Crippen molar-refractivity contribution in [3.8, 4) is 5.75 Å². The Hall–Kier alpha value is -2.82. The van der Waals surface area contributed by atoms with Crippen LogP contribution in [0.15, 0.2) is 48.5 Å². The van der Waals surface area contributed by atoms with E-state index < -0.39 is 11.6 Å². The van der Waals surface area contributed by atoms with Gasteiger partial charge in [0.05, 0.1) is 0 Å². The molecule has 1 aliphatic heterocycles. The van der Waals surface area contributed by atoms with Crippen LogP contribution >= 0.6 is 0 Å². The van der Waals surface area contributed by atoms with Gasteiger partial charge in [0.15, 0.2) is 0 Å². The Morgan fingerprint density at radius 1 is 1.09 bits per heavy atom. The molecule has 1 atom stereocenters. The number of carbonyl (C=O) groups is 2. The second-order valence-electron chi connectivity index (χ2n) is 5.78. The molecule has 0 saturated carbocycles. The fraction of sp³-hybridized carbons (Fsp3) is 0.222. The largest absolute Gasteiger partial charge is 0.489 e. The zero-order chi connectivity index (χ0) is 16.4. The molecule has 1 saturated heterocycles.